The van der Waals surface area contributed by atoms with Crippen molar-refractivity contribution in [1.29, 1.82) is 0 Å². The van der Waals surface area contributed by atoms with Crippen LogP contribution in [0.3, 0.4) is 0 Å². The number of aliphatic carboxylic acids is 1. The van der Waals surface area contributed by atoms with Crippen molar-refractivity contribution in [2.24, 2.45) is 0 Å². The lowest BCUT2D eigenvalue weighted by Crippen LogP contribution is -2.05. The highest BCUT2D eigenvalue weighted by atomic mass is 79.9. The molecule has 1 N–H and O–H groups in total. The molecule has 1 heterocycles. The third-order valence-corrected chi connectivity index (χ3v) is 3.27. The lowest BCUT2D eigenvalue weighted by Gasteiger charge is -2.01. The zero-order valence-corrected chi connectivity index (χ0v) is 12.0. The van der Waals surface area contributed by atoms with Crippen molar-refractivity contribution >= 4 is 54.9 Å². The van der Waals surface area contributed by atoms with E-state index in [-0.39, 0.29) is 11.0 Å². The molecule has 0 spiro atoms. The molecular formula is C12H6Br2O4. The van der Waals surface area contributed by atoms with E-state index in [4.69, 9.17) is 9.52 Å². The van der Waals surface area contributed by atoms with Gasteiger partial charge in [-0.15, -0.1) is 0 Å². The van der Waals surface area contributed by atoms with E-state index in [1.807, 2.05) is 0 Å². The number of carboxylic acids is 1. The molecule has 18 heavy (non-hydrogen) atoms. The normalized spacial score (nSPS) is 11.2. The summed E-state index contributed by atoms with van der Waals surface area (Å²) in [6.45, 7) is 0. The zero-order chi connectivity index (χ0) is 13.3. The Morgan fingerprint density at radius 1 is 1.33 bits per heavy atom. The molecule has 0 fully saturated rings. The van der Waals surface area contributed by atoms with Gasteiger partial charge in [-0.1, -0.05) is 15.9 Å². The molecule has 2 aromatic rings. The zero-order valence-electron chi connectivity index (χ0n) is 8.81. The van der Waals surface area contributed by atoms with Crippen LogP contribution in [0.5, 0.6) is 0 Å². The molecule has 2 rings (SSSR count). The molecule has 0 saturated heterocycles. The van der Waals surface area contributed by atoms with E-state index in [1.54, 1.807) is 12.1 Å². The average molecular weight is 374 g/mol. The van der Waals surface area contributed by atoms with Crippen molar-refractivity contribution in [3.8, 4) is 0 Å². The Balaban J connectivity index is 2.71. The van der Waals surface area contributed by atoms with Crippen LogP contribution in [0.4, 0.5) is 0 Å². The molecular weight excluding hydrogens is 368 g/mol. The van der Waals surface area contributed by atoms with Gasteiger partial charge >= 0.3 is 5.97 Å². The van der Waals surface area contributed by atoms with Crippen LogP contribution in [-0.4, -0.2) is 11.1 Å². The van der Waals surface area contributed by atoms with Crippen molar-refractivity contribution in [2.75, 3.05) is 0 Å². The molecule has 0 saturated carbocycles. The van der Waals surface area contributed by atoms with Crippen molar-refractivity contribution in [3.05, 3.63) is 49.2 Å². The minimum absolute atomic E-state index is 0.190. The fourth-order valence-corrected chi connectivity index (χ4v) is 2.77. The molecule has 0 aliphatic rings. The predicted molar refractivity (Wildman–Crippen MR) is 74.6 cm³/mol. The molecule has 0 amide bonds. The maximum Gasteiger partial charge on any atom is 0.328 e. The molecule has 6 heteroatoms. The van der Waals surface area contributed by atoms with Crippen LogP contribution in [0.1, 0.15) is 5.56 Å². The lowest BCUT2D eigenvalue weighted by molar-refractivity contribution is -0.131. The summed E-state index contributed by atoms with van der Waals surface area (Å²) in [5, 5.41) is 8.91. The molecule has 0 bridgehead atoms. The third-order valence-electron chi connectivity index (χ3n) is 2.22. The standard InChI is InChI=1S/C12H6Br2O4/c13-7-3-8-11(17)6(1-2-10(15)16)5-18-12(8)9(14)4-7/h1-5H,(H,15,16)/b2-1+. The smallest absolute Gasteiger partial charge is 0.328 e. The highest BCUT2D eigenvalue weighted by Gasteiger charge is 2.09. The lowest BCUT2D eigenvalue weighted by atomic mass is 10.1. The Morgan fingerprint density at radius 3 is 2.72 bits per heavy atom. The first-order chi connectivity index (χ1) is 8.49. The van der Waals surface area contributed by atoms with Gasteiger partial charge < -0.3 is 9.52 Å². The van der Waals surface area contributed by atoms with Gasteiger partial charge in [-0.3, -0.25) is 4.79 Å². The van der Waals surface area contributed by atoms with Crippen molar-refractivity contribution in [1.82, 2.24) is 0 Å². The van der Waals surface area contributed by atoms with Gasteiger partial charge in [-0.25, -0.2) is 4.79 Å². The Morgan fingerprint density at radius 2 is 2.06 bits per heavy atom. The maximum atomic E-state index is 12.1. The Labute approximate surface area is 118 Å². The fraction of sp³-hybridized carbons (Fsp3) is 0. The van der Waals surface area contributed by atoms with E-state index >= 15 is 0 Å². The summed E-state index contributed by atoms with van der Waals surface area (Å²) < 4.78 is 6.71. The summed E-state index contributed by atoms with van der Waals surface area (Å²) in [6, 6.07) is 3.39. The first-order valence-electron chi connectivity index (χ1n) is 4.80. The van der Waals surface area contributed by atoms with Crippen LogP contribution in [-0.2, 0) is 4.79 Å². The van der Waals surface area contributed by atoms with Gasteiger partial charge in [0.15, 0.2) is 11.0 Å². The maximum absolute atomic E-state index is 12.1. The number of fused-ring (bicyclic) bond motifs is 1. The highest BCUT2D eigenvalue weighted by molar-refractivity contribution is 9.11. The van der Waals surface area contributed by atoms with Crippen molar-refractivity contribution in [2.45, 2.75) is 0 Å². The van der Waals surface area contributed by atoms with Crippen molar-refractivity contribution in [3.63, 3.8) is 0 Å². The quantitative estimate of drug-likeness (QED) is 0.819. The molecule has 1 aromatic carbocycles. The van der Waals surface area contributed by atoms with Crippen LogP contribution < -0.4 is 5.43 Å². The molecule has 4 nitrogen and oxygen atoms in total. The summed E-state index contributed by atoms with van der Waals surface area (Å²) in [5.41, 5.74) is 0.335. The number of carbonyl (C=O) groups is 1. The Bertz CT molecular complexity index is 716. The molecule has 0 aliphatic heterocycles. The van der Waals surface area contributed by atoms with Crippen LogP contribution >= 0.6 is 31.9 Å². The molecule has 0 unspecified atom stereocenters. The second-order valence-electron chi connectivity index (χ2n) is 3.46. The second-order valence-corrected chi connectivity index (χ2v) is 5.23. The van der Waals surface area contributed by atoms with Crippen LogP contribution in [0.25, 0.3) is 17.0 Å². The van der Waals surface area contributed by atoms with Gasteiger partial charge in [0.1, 0.15) is 6.26 Å². The molecule has 92 valence electrons. The number of rotatable bonds is 2. The number of hydrogen-bond acceptors (Lipinski definition) is 3. The van der Waals surface area contributed by atoms with Gasteiger partial charge in [0.25, 0.3) is 0 Å². The SMILES string of the molecule is O=C(O)/C=C/c1coc2c(Br)cc(Br)cc2c1=O. The average Bonchev–Trinajstić information content (AvgIpc) is 2.29. The van der Waals surface area contributed by atoms with E-state index < -0.39 is 5.97 Å². The number of carboxylic acid groups (broad SMARTS) is 1. The Kier molecular flexibility index (Phi) is 3.68. The summed E-state index contributed by atoms with van der Waals surface area (Å²) in [5.74, 6) is -1.12. The predicted octanol–water partition coefficient (Wildman–Crippen LogP) is 3.42. The summed E-state index contributed by atoms with van der Waals surface area (Å²) >= 11 is 6.58. The minimum Gasteiger partial charge on any atom is -0.478 e. The van der Waals surface area contributed by atoms with Crippen LogP contribution in [0.15, 0.2) is 42.6 Å². The van der Waals surface area contributed by atoms with Crippen LogP contribution in [0.2, 0.25) is 0 Å². The van der Waals surface area contributed by atoms with Gasteiger partial charge in [-0.05, 0) is 34.1 Å². The molecule has 0 atom stereocenters. The number of halogens is 2. The van der Waals surface area contributed by atoms with E-state index in [0.717, 1.165) is 10.5 Å². The van der Waals surface area contributed by atoms with Gasteiger partial charge in [-0.2, -0.15) is 0 Å². The molecule has 1 aromatic heterocycles. The van der Waals surface area contributed by atoms with Gasteiger partial charge in [0.05, 0.1) is 15.4 Å². The van der Waals surface area contributed by atoms with E-state index in [1.165, 1.54) is 12.3 Å². The molecule has 0 radical (unpaired) electrons. The van der Waals surface area contributed by atoms with Crippen LogP contribution in [0, 0.1) is 0 Å². The first kappa shape index (κ1) is 13.0. The first-order valence-corrected chi connectivity index (χ1v) is 6.39. The highest BCUT2D eigenvalue weighted by Crippen LogP contribution is 2.27. The second kappa shape index (κ2) is 5.07. The van der Waals surface area contributed by atoms with Gasteiger partial charge in [0.2, 0.25) is 0 Å². The topological polar surface area (TPSA) is 67.5 Å². The summed E-state index contributed by atoms with van der Waals surface area (Å²) in [6.07, 6.45) is 3.34. The summed E-state index contributed by atoms with van der Waals surface area (Å²) in [4.78, 5) is 22.5. The fourth-order valence-electron chi connectivity index (χ4n) is 1.46. The van der Waals surface area contributed by atoms with E-state index in [2.05, 4.69) is 31.9 Å². The number of benzene rings is 1. The number of hydrogen-bond donors (Lipinski definition) is 1. The largest absolute Gasteiger partial charge is 0.478 e. The summed E-state index contributed by atoms with van der Waals surface area (Å²) in [7, 11) is 0. The van der Waals surface area contributed by atoms with Gasteiger partial charge in [0, 0.05) is 10.5 Å². The van der Waals surface area contributed by atoms with E-state index in [0.29, 0.717) is 15.4 Å². The van der Waals surface area contributed by atoms with E-state index in [9.17, 15) is 9.59 Å². The monoisotopic (exact) mass is 372 g/mol. The molecule has 0 aliphatic carbocycles. The van der Waals surface area contributed by atoms with Crippen molar-refractivity contribution < 1.29 is 14.3 Å². The third kappa shape index (κ3) is 2.54. The Hall–Kier alpha value is -1.40. The minimum atomic E-state index is -1.12.